The number of aromatic nitrogens is 2. The highest BCUT2D eigenvalue weighted by molar-refractivity contribution is 7.16. The van der Waals surface area contributed by atoms with Gasteiger partial charge in [-0.05, 0) is 69.6 Å². The smallest absolute Gasteiger partial charge is 0.255 e. The second-order valence-electron chi connectivity index (χ2n) is 12.7. The number of fused-ring (bicyclic) bond motifs is 3. The maximum atomic E-state index is 14.5. The van der Waals surface area contributed by atoms with Crippen LogP contribution in [0.3, 0.4) is 0 Å². The van der Waals surface area contributed by atoms with Gasteiger partial charge in [0.25, 0.3) is 5.91 Å². The van der Waals surface area contributed by atoms with Crippen LogP contribution in [0.4, 0.5) is 21.6 Å². The molecule has 0 unspecified atom stereocenters. The number of carbonyl (C=O) groups is 2. The Balaban J connectivity index is 1.24. The van der Waals surface area contributed by atoms with Gasteiger partial charge in [-0.15, -0.1) is 11.3 Å². The molecule has 2 aliphatic rings. The zero-order chi connectivity index (χ0) is 30.2. The van der Waals surface area contributed by atoms with E-state index < -0.39 is 17.7 Å². The van der Waals surface area contributed by atoms with E-state index in [0.29, 0.717) is 23.5 Å². The zero-order valence-corrected chi connectivity index (χ0v) is 25.1. The van der Waals surface area contributed by atoms with Gasteiger partial charge in [-0.25, -0.2) is 14.4 Å². The van der Waals surface area contributed by atoms with E-state index in [-0.39, 0.29) is 23.3 Å². The van der Waals surface area contributed by atoms with E-state index in [9.17, 15) is 19.1 Å². The third-order valence-corrected chi connectivity index (χ3v) is 9.76. The number of benzene rings is 2. The first-order chi connectivity index (χ1) is 20.5. The topological polar surface area (TPSA) is 116 Å². The maximum absolute atomic E-state index is 14.5. The Morgan fingerprint density at radius 2 is 1.84 bits per heavy atom. The lowest BCUT2D eigenvalue weighted by molar-refractivity contribution is -0.00178. The van der Waals surface area contributed by atoms with Crippen LogP contribution in [0.15, 0.2) is 66.3 Å². The van der Waals surface area contributed by atoms with Crippen LogP contribution in [0.1, 0.15) is 73.1 Å². The molecular weight excluding hydrogens is 565 g/mol. The number of halogens is 1. The van der Waals surface area contributed by atoms with Gasteiger partial charge < -0.3 is 21.1 Å². The summed E-state index contributed by atoms with van der Waals surface area (Å²) in [6.45, 7) is 2.42. The fourth-order valence-electron chi connectivity index (χ4n) is 6.51. The summed E-state index contributed by atoms with van der Waals surface area (Å²) in [4.78, 5) is 35.3. The van der Waals surface area contributed by atoms with E-state index in [1.54, 1.807) is 16.8 Å². The van der Waals surface area contributed by atoms with Crippen molar-refractivity contribution in [2.75, 3.05) is 17.2 Å². The van der Waals surface area contributed by atoms with Gasteiger partial charge in [0.05, 0.1) is 39.1 Å². The monoisotopic (exact) mass is 601 g/mol. The highest BCUT2D eigenvalue weighted by Gasteiger charge is 2.55. The molecule has 10 heteroatoms. The Morgan fingerprint density at radius 1 is 1.07 bits per heavy atom. The molecule has 2 heterocycles. The molecule has 2 aliphatic carbocycles. The fraction of sp³-hybridized carbons (Fsp3) is 0.394. The van der Waals surface area contributed by atoms with Crippen molar-refractivity contribution >= 4 is 50.4 Å². The third-order valence-electron chi connectivity index (χ3n) is 8.97. The average Bonchev–Trinajstić information content (AvgIpc) is 3.69. The average molecular weight is 602 g/mol. The van der Waals surface area contributed by atoms with Crippen molar-refractivity contribution in [3.8, 4) is 0 Å². The summed E-state index contributed by atoms with van der Waals surface area (Å²) < 4.78 is 15.5. The predicted octanol–water partition coefficient (Wildman–Crippen LogP) is 6.66. The number of alkyl halides is 1. The van der Waals surface area contributed by atoms with Crippen molar-refractivity contribution in [3.63, 3.8) is 0 Å². The number of nitrogens with zero attached hydrogens (tertiary/aromatic N) is 2. The highest BCUT2D eigenvalue weighted by Crippen LogP contribution is 2.59. The number of anilines is 3. The van der Waals surface area contributed by atoms with Crippen molar-refractivity contribution in [3.05, 3.63) is 77.4 Å². The van der Waals surface area contributed by atoms with E-state index in [1.807, 2.05) is 54.6 Å². The van der Waals surface area contributed by atoms with Crippen LogP contribution in [-0.4, -0.2) is 50.6 Å². The summed E-state index contributed by atoms with van der Waals surface area (Å²) in [5, 5.41) is 19.6. The molecule has 6 rings (SSSR count). The van der Waals surface area contributed by atoms with Crippen molar-refractivity contribution < 1.29 is 19.1 Å². The van der Waals surface area contributed by atoms with Crippen LogP contribution in [0.2, 0.25) is 0 Å². The molecule has 4 aromatic rings. The summed E-state index contributed by atoms with van der Waals surface area (Å²) >= 11 is 1.55. The normalized spacial score (nSPS) is 22.0. The number of aliphatic hydroxyl groups is 1. The van der Waals surface area contributed by atoms with Crippen molar-refractivity contribution in [2.45, 2.75) is 69.7 Å². The third kappa shape index (κ3) is 6.26. The predicted molar refractivity (Wildman–Crippen MR) is 168 cm³/mol. The molecule has 4 N–H and O–H groups in total. The van der Waals surface area contributed by atoms with Crippen LogP contribution in [0.25, 0.3) is 10.2 Å². The van der Waals surface area contributed by atoms with E-state index in [2.05, 4.69) is 25.9 Å². The Bertz CT molecular complexity index is 1640. The molecule has 2 bridgehead atoms. The van der Waals surface area contributed by atoms with Crippen LogP contribution < -0.4 is 16.0 Å². The van der Waals surface area contributed by atoms with E-state index in [4.69, 9.17) is 0 Å². The fourth-order valence-corrected chi connectivity index (χ4v) is 7.22. The summed E-state index contributed by atoms with van der Waals surface area (Å²) in [6.07, 6.45) is 4.83. The number of hydrogen-bond acceptors (Lipinski definition) is 8. The number of rotatable bonds is 11. The van der Waals surface area contributed by atoms with E-state index in [0.717, 1.165) is 53.6 Å². The second-order valence-corrected chi connectivity index (χ2v) is 13.5. The molecule has 1 amide bonds. The minimum absolute atomic E-state index is 0.0746. The lowest BCUT2D eigenvalue weighted by atomic mass is 9.79. The first-order valence-corrected chi connectivity index (χ1v) is 15.5. The number of ketones is 1. The van der Waals surface area contributed by atoms with Gasteiger partial charge in [-0.2, -0.15) is 0 Å². The van der Waals surface area contributed by atoms with Gasteiger partial charge in [0.2, 0.25) is 0 Å². The SMILES string of the molecule is CC(C)(O)[C@H](F)CNC(=O)c1cnc(Nc2ccc3ncsc3c2)cc1NC12CCC(CC(=O)c3ccccc3)(CC1)C2. The number of amides is 1. The number of nitrogens with one attached hydrogen (secondary N) is 3. The molecule has 8 nitrogen and oxygen atoms in total. The largest absolute Gasteiger partial charge is 0.387 e. The summed E-state index contributed by atoms with van der Waals surface area (Å²) in [5.74, 6) is 0.248. The molecule has 43 heavy (non-hydrogen) atoms. The van der Waals surface area contributed by atoms with Crippen LogP contribution in [-0.2, 0) is 0 Å². The molecule has 0 radical (unpaired) electrons. The second kappa shape index (κ2) is 11.3. The van der Waals surface area contributed by atoms with Gasteiger partial charge >= 0.3 is 0 Å². The first kappa shape index (κ1) is 29.2. The Hall–Kier alpha value is -3.89. The molecule has 224 valence electrons. The molecule has 2 fully saturated rings. The first-order valence-electron chi connectivity index (χ1n) is 14.6. The molecule has 1 atom stereocenters. The Labute approximate surface area is 254 Å². The molecule has 2 aromatic heterocycles. The molecule has 0 spiro atoms. The van der Waals surface area contributed by atoms with Crippen LogP contribution in [0.5, 0.6) is 0 Å². The lowest BCUT2D eigenvalue weighted by Gasteiger charge is -2.31. The summed E-state index contributed by atoms with van der Waals surface area (Å²) in [6, 6.07) is 17.1. The number of carbonyl (C=O) groups excluding carboxylic acids is 2. The molecule has 2 saturated carbocycles. The minimum Gasteiger partial charge on any atom is -0.387 e. The van der Waals surface area contributed by atoms with Crippen LogP contribution >= 0.6 is 11.3 Å². The number of pyridine rings is 1. The number of hydrogen-bond donors (Lipinski definition) is 4. The van der Waals surface area contributed by atoms with E-state index in [1.165, 1.54) is 20.0 Å². The summed E-state index contributed by atoms with van der Waals surface area (Å²) in [7, 11) is 0. The lowest BCUT2D eigenvalue weighted by Crippen LogP contribution is -2.42. The standard InChI is InChI=1S/C33H36FN5O3S/c1-31(2,42)28(34)18-36-30(41)23-17-35-29(38-22-8-9-24-27(14-22)43-20-37-24)15-25(23)39-33-12-10-32(19-33,11-13-33)16-26(40)21-6-4-3-5-7-21/h3-9,14-15,17,20,28,42H,10-13,16,18-19H2,1-2H3,(H,36,41)(H2,35,38,39)/t28-,32?,33?/m1/s1. The number of Topliss-reactive ketones (excluding diaryl/α,β-unsaturated/α-hetero) is 1. The molecular formula is C33H36FN5O3S. The van der Waals surface area contributed by atoms with Gasteiger partial charge in [0.1, 0.15) is 12.0 Å². The minimum atomic E-state index is -1.63. The summed E-state index contributed by atoms with van der Waals surface area (Å²) in [5.41, 5.74) is 3.29. The van der Waals surface area contributed by atoms with Crippen molar-refractivity contribution in [1.82, 2.24) is 15.3 Å². The highest BCUT2D eigenvalue weighted by atomic mass is 32.1. The molecule has 0 saturated heterocycles. The van der Waals surface area contributed by atoms with E-state index >= 15 is 0 Å². The Morgan fingerprint density at radius 3 is 2.58 bits per heavy atom. The van der Waals surface area contributed by atoms with Gasteiger partial charge in [-0.1, -0.05) is 30.3 Å². The quantitative estimate of drug-likeness (QED) is 0.142. The van der Waals surface area contributed by atoms with Gasteiger partial charge in [0, 0.05) is 35.5 Å². The zero-order valence-electron chi connectivity index (χ0n) is 24.3. The van der Waals surface area contributed by atoms with Crippen molar-refractivity contribution in [1.29, 1.82) is 0 Å². The number of thiazole rings is 1. The Kier molecular flexibility index (Phi) is 7.68. The van der Waals surface area contributed by atoms with Gasteiger partial charge in [0.15, 0.2) is 5.78 Å². The molecule has 0 aliphatic heterocycles. The molecule has 2 aromatic carbocycles. The van der Waals surface area contributed by atoms with Crippen LogP contribution in [0, 0.1) is 5.41 Å². The maximum Gasteiger partial charge on any atom is 0.255 e. The van der Waals surface area contributed by atoms with Crippen molar-refractivity contribution in [2.24, 2.45) is 5.41 Å². The van der Waals surface area contributed by atoms with Gasteiger partial charge in [-0.3, -0.25) is 9.59 Å².